The summed E-state index contributed by atoms with van der Waals surface area (Å²) in [5.74, 6) is 0. The van der Waals surface area contributed by atoms with Crippen molar-refractivity contribution in [1.82, 2.24) is 0 Å². The molecular weight excluding hydrogens is 506 g/mol. The van der Waals surface area contributed by atoms with Gasteiger partial charge in [0.1, 0.15) is 0 Å². The number of hydrogen-bond acceptors (Lipinski definition) is 0. The van der Waals surface area contributed by atoms with Crippen molar-refractivity contribution in [3.63, 3.8) is 0 Å². The number of alkyl halides is 2. The summed E-state index contributed by atoms with van der Waals surface area (Å²) < 4.78 is 0.410. The van der Waals surface area contributed by atoms with E-state index in [2.05, 4.69) is 134 Å². The van der Waals surface area contributed by atoms with Crippen LogP contribution in [0.5, 0.6) is 0 Å². The van der Waals surface area contributed by atoms with Crippen molar-refractivity contribution in [1.29, 1.82) is 0 Å². The van der Waals surface area contributed by atoms with Crippen LogP contribution in [-0.4, -0.2) is 0 Å². The molecule has 2 aromatic carbocycles. The van der Waals surface area contributed by atoms with Gasteiger partial charge in [0.15, 0.2) is 0 Å². The second kappa shape index (κ2) is 9.40. The number of aryl methyl sites for hydroxylation is 1. The minimum absolute atomic E-state index is 0.205. The highest BCUT2D eigenvalue weighted by Crippen LogP contribution is 2.40. The minimum atomic E-state index is 0.205. The van der Waals surface area contributed by atoms with Crippen molar-refractivity contribution in [3.8, 4) is 0 Å². The van der Waals surface area contributed by atoms with E-state index in [1.807, 2.05) is 0 Å². The highest BCUT2D eigenvalue weighted by atomic mass is 127. The van der Waals surface area contributed by atoms with Gasteiger partial charge in [0.25, 0.3) is 0 Å². The maximum atomic E-state index is 2.50. The molecule has 0 fully saturated rings. The Morgan fingerprint density at radius 2 is 1.09 bits per heavy atom. The van der Waals surface area contributed by atoms with Crippen molar-refractivity contribution < 1.29 is 0 Å². The molecule has 0 bridgehead atoms. The lowest BCUT2D eigenvalue weighted by Crippen LogP contribution is -2.17. The van der Waals surface area contributed by atoms with Gasteiger partial charge in [-0.05, 0) is 50.8 Å². The van der Waals surface area contributed by atoms with Gasteiger partial charge < -0.3 is 0 Å². The molecule has 2 aromatic rings. The molecule has 23 heavy (non-hydrogen) atoms. The second-order valence-electron chi connectivity index (χ2n) is 6.73. The smallest absolute Gasteiger partial charge is 0.0417 e. The van der Waals surface area contributed by atoms with E-state index in [-0.39, 0.29) is 6.84 Å². The van der Waals surface area contributed by atoms with Crippen molar-refractivity contribution in [3.05, 3.63) is 71.3 Å². The molecule has 0 unspecified atom stereocenters. The van der Waals surface area contributed by atoms with Crippen molar-refractivity contribution in [2.45, 2.75) is 54.3 Å². The largest absolute Gasteiger partial charge is 0.0743 e. The SMILES string of the molecule is CC(C)(I)c1ccccc1C(C)(C)I.CCCc1ccccc1. The first kappa shape index (κ1) is 20.9. The molecule has 0 radical (unpaired) electrons. The molecule has 0 nitrogen and oxygen atoms in total. The Balaban J connectivity index is 0.000000253. The summed E-state index contributed by atoms with van der Waals surface area (Å²) in [5.41, 5.74) is 4.33. The van der Waals surface area contributed by atoms with E-state index >= 15 is 0 Å². The lowest BCUT2D eigenvalue weighted by atomic mass is 9.91. The third kappa shape index (κ3) is 7.55. The summed E-state index contributed by atoms with van der Waals surface area (Å²) in [6, 6.07) is 19.3. The van der Waals surface area contributed by atoms with Gasteiger partial charge >= 0.3 is 0 Å². The molecule has 0 saturated carbocycles. The van der Waals surface area contributed by atoms with Gasteiger partial charge in [-0.2, -0.15) is 0 Å². The van der Waals surface area contributed by atoms with Gasteiger partial charge in [-0.3, -0.25) is 0 Å². The maximum absolute atomic E-state index is 2.50. The van der Waals surface area contributed by atoms with Crippen LogP contribution >= 0.6 is 45.2 Å². The molecule has 126 valence electrons. The molecule has 2 rings (SSSR count). The summed E-state index contributed by atoms with van der Waals surface area (Å²) in [5, 5.41) is 0. The van der Waals surface area contributed by atoms with Crippen LogP contribution in [0.3, 0.4) is 0 Å². The normalized spacial score (nSPS) is 11.6. The van der Waals surface area contributed by atoms with E-state index in [1.54, 1.807) is 0 Å². The molecule has 2 heteroatoms. The Labute approximate surface area is 169 Å². The van der Waals surface area contributed by atoms with Gasteiger partial charge in [-0.1, -0.05) is 113 Å². The van der Waals surface area contributed by atoms with E-state index in [9.17, 15) is 0 Å². The molecule has 0 amide bonds. The van der Waals surface area contributed by atoms with E-state index in [0.29, 0.717) is 0 Å². The van der Waals surface area contributed by atoms with Crippen LogP contribution in [0.25, 0.3) is 0 Å². The van der Waals surface area contributed by atoms with Gasteiger partial charge in [-0.15, -0.1) is 0 Å². The number of rotatable bonds is 4. The molecule has 0 spiro atoms. The summed E-state index contributed by atoms with van der Waals surface area (Å²) in [6.07, 6.45) is 2.45. The van der Waals surface area contributed by atoms with E-state index in [4.69, 9.17) is 0 Å². The Morgan fingerprint density at radius 1 is 0.696 bits per heavy atom. The monoisotopic (exact) mass is 534 g/mol. The third-order valence-electron chi connectivity index (χ3n) is 3.59. The predicted octanol–water partition coefficient (Wildman–Crippen LogP) is 7.67. The molecular formula is C21H28I2. The second-order valence-corrected chi connectivity index (χ2v) is 12.1. The Bertz CT molecular complexity index is 542. The highest BCUT2D eigenvalue weighted by molar-refractivity contribution is 14.1. The molecule has 0 aliphatic rings. The standard InChI is InChI=1S/C12H16I2.C9H12/c1-11(2,13)9-7-5-6-8-10(9)12(3,4)14;1-2-6-9-7-4-3-5-8-9/h5-8H,1-4H3;3-5,7-8H,2,6H2,1H3. The summed E-state index contributed by atoms with van der Waals surface area (Å²) in [4.78, 5) is 0. The fourth-order valence-electron chi connectivity index (χ4n) is 2.45. The quantitative estimate of drug-likeness (QED) is 0.279. The van der Waals surface area contributed by atoms with Crippen LogP contribution in [0.1, 0.15) is 57.7 Å². The summed E-state index contributed by atoms with van der Waals surface area (Å²) >= 11 is 5.01. The van der Waals surface area contributed by atoms with Gasteiger partial charge in [0, 0.05) is 6.84 Å². The van der Waals surface area contributed by atoms with Crippen LogP contribution in [0, 0.1) is 0 Å². The van der Waals surface area contributed by atoms with Crippen LogP contribution in [0.15, 0.2) is 54.6 Å². The lowest BCUT2D eigenvalue weighted by Gasteiger charge is -2.27. The average Bonchev–Trinajstić information content (AvgIpc) is 2.48. The van der Waals surface area contributed by atoms with Crippen molar-refractivity contribution in [2.75, 3.05) is 0 Å². The first-order valence-electron chi connectivity index (χ1n) is 8.18. The number of hydrogen-bond donors (Lipinski definition) is 0. The van der Waals surface area contributed by atoms with Crippen molar-refractivity contribution in [2.24, 2.45) is 0 Å². The van der Waals surface area contributed by atoms with Crippen LogP contribution in [0.2, 0.25) is 0 Å². The zero-order valence-electron chi connectivity index (χ0n) is 14.9. The van der Waals surface area contributed by atoms with Crippen molar-refractivity contribution >= 4 is 45.2 Å². The third-order valence-corrected chi connectivity index (χ3v) is 4.75. The topological polar surface area (TPSA) is 0 Å². The summed E-state index contributed by atoms with van der Waals surface area (Å²) in [6.45, 7) is 11.2. The predicted molar refractivity (Wildman–Crippen MR) is 121 cm³/mol. The highest BCUT2D eigenvalue weighted by Gasteiger charge is 2.26. The average molecular weight is 534 g/mol. The fourth-order valence-corrected chi connectivity index (χ4v) is 3.39. The molecule has 0 aromatic heterocycles. The maximum Gasteiger partial charge on any atom is 0.0417 e. The number of benzene rings is 2. The number of halogens is 2. The zero-order valence-corrected chi connectivity index (χ0v) is 19.2. The summed E-state index contributed by atoms with van der Waals surface area (Å²) in [7, 11) is 0. The van der Waals surface area contributed by atoms with Crippen LogP contribution < -0.4 is 0 Å². The van der Waals surface area contributed by atoms with Crippen LogP contribution in [-0.2, 0) is 13.3 Å². The van der Waals surface area contributed by atoms with E-state index in [1.165, 1.54) is 29.5 Å². The molecule has 0 saturated heterocycles. The molecule has 0 atom stereocenters. The zero-order chi connectivity index (χ0) is 17.5. The minimum Gasteiger partial charge on any atom is -0.0743 e. The Morgan fingerprint density at radius 3 is 1.43 bits per heavy atom. The molecule has 0 heterocycles. The Hall–Kier alpha value is -0.100. The first-order chi connectivity index (χ1) is 10.7. The van der Waals surface area contributed by atoms with E-state index < -0.39 is 0 Å². The molecule has 0 N–H and O–H groups in total. The molecule has 0 aliphatic carbocycles. The van der Waals surface area contributed by atoms with E-state index in [0.717, 1.165) is 0 Å². The first-order valence-corrected chi connectivity index (χ1v) is 10.3. The fraction of sp³-hybridized carbons (Fsp3) is 0.429. The van der Waals surface area contributed by atoms with Crippen LogP contribution in [0.4, 0.5) is 0 Å². The Kier molecular flexibility index (Phi) is 8.56. The van der Waals surface area contributed by atoms with Gasteiger partial charge in [-0.25, -0.2) is 0 Å². The lowest BCUT2D eigenvalue weighted by molar-refractivity contribution is 0.752. The molecule has 0 aliphatic heterocycles. The van der Waals surface area contributed by atoms with Gasteiger partial charge in [0.05, 0.1) is 0 Å². The van der Waals surface area contributed by atoms with Gasteiger partial charge in [0.2, 0.25) is 0 Å².